The van der Waals surface area contributed by atoms with Gasteiger partial charge in [0.05, 0.1) is 7.11 Å². The highest BCUT2D eigenvalue weighted by atomic mass is 35.5. The second-order valence-electron chi connectivity index (χ2n) is 17.5. The second-order valence-corrected chi connectivity index (χ2v) is 20.2. The minimum Gasteiger partial charge on any atom is -0.538 e. The fourth-order valence-corrected chi connectivity index (χ4v) is 9.26. The van der Waals surface area contributed by atoms with Gasteiger partial charge in [0, 0.05) is 49.8 Å². The number of anilines is 1. The van der Waals surface area contributed by atoms with Gasteiger partial charge in [-0.1, -0.05) is 40.2 Å². The maximum absolute atomic E-state index is 14.3. The number of halogens is 1. The third kappa shape index (κ3) is 12.9. The number of fused-ring (bicyclic) bond motifs is 2. The number of amides is 4. The maximum Gasteiger partial charge on any atom is 0.413 e. The summed E-state index contributed by atoms with van der Waals surface area (Å²) in [5.74, 6) is -3.49. The van der Waals surface area contributed by atoms with Crippen LogP contribution in [0.4, 0.5) is 14.7 Å². The fourth-order valence-electron chi connectivity index (χ4n) is 6.89. The molecule has 20 nitrogen and oxygen atoms in total. The molecule has 2 unspecified atom stereocenters. The van der Waals surface area contributed by atoms with Crippen LogP contribution in [0.3, 0.4) is 0 Å². The number of aromatic nitrogens is 3. The molecule has 1 aromatic carbocycles. The number of oxime groups is 1. The molecule has 4 amide bonds. The summed E-state index contributed by atoms with van der Waals surface area (Å²) in [6.45, 7) is 15.0. The molecule has 2 atom stereocenters. The van der Waals surface area contributed by atoms with Crippen LogP contribution in [0.2, 0.25) is 4.34 Å². The van der Waals surface area contributed by atoms with Gasteiger partial charge < -0.3 is 43.2 Å². The Balaban J connectivity index is 1.25. The van der Waals surface area contributed by atoms with E-state index in [-0.39, 0.29) is 39.8 Å². The molecule has 24 heteroatoms. The first-order valence-corrected chi connectivity index (χ1v) is 23.5. The van der Waals surface area contributed by atoms with E-state index >= 15 is 0 Å². The van der Waals surface area contributed by atoms with Gasteiger partial charge in [0.1, 0.15) is 56.2 Å². The molecule has 2 radical (unpaired) electrons. The van der Waals surface area contributed by atoms with Gasteiger partial charge in [-0.15, -0.1) is 11.8 Å². The van der Waals surface area contributed by atoms with E-state index < -0.39 is 70.0 Å². The number of β-lactam (4-membered cyclic amide) rings is 1. The molecule has 1 fully saturated rings. The summed E-state index contributed by atoms with van der Waals surface area (Å²) >= 11 is 8.57. The first-order valence-electron chi connectivity index (χ1n) is 21.3. The van der Waals surface area contributed by atoms with Crippen LogP contribution in [0.5, 0.6) is 5.75 Å². The number of methoxy groups -OCH3 is 1. The monoisotopic (exact) mass is 1010 g/mol. The molecule has 3 aromatic heterocycles. The summed E-state index contributed by atoms with van der Waals surface area (Å²) < 4.78 is 29.9. The summed E-state index contributed by atoms with van der Waals surface area (Å²) in [7, 11) is 8.18. The number of aryl methyl sites for hydroxylation is 1. The Kier molecular flexibility index (Phi) is 16.4. The first-order chi connectivity index (χ1) is 32.6. The number of esters is 1. The van der Waals surface area contributed by atoms with Crippen molar-refractivity contribution in [3.05, 3.63) is 94.1 Å². The van der Waals surface area contributed by atoms with Crippen molar-refractivity contribution in [1.29, 1.82) is 0 Å². The molecule has 2 aliphatic rings. The zero-order chi connectivity index (χ0) is 50.4. The number of nitrogens with zero attached hydrogens (tertiary/aromatic N) is 6. The van der Waals surface area contributed by atoms with E-state index in [1.54, 1.807) is 57.0 Å². The Morgan fingerprint density at radius 2 is 1.77 bits per heavy atom. The van der Waals surface area contributed by atoms with E-state index in [2.05, 4.69) is 36.6 Å². The highest BCUT2D eigenvalue weighted by Crippen LogP contribution is 2.41. The van der Waals surface area contributed by atoms with Crippen molar-refractivity contribution in [3.8, 4) is 5.75 Å². The quantitative estimate of drug-likeness (QED) is 0.0151. The number of nitrogens with one attached hydrogen (secondary N) is 2. The van der Waals surface area contributed by atoms with Crippen LogP contribution in [0.25, 0.3) is 11.0 Å². The van der Waals surface area contributed by atoms with Gasteiger partial charge in [-0.25, -0.2) is 24.2 Å². The zero-order valence-corrected chi connectivity index (χ0v) is 41.5. The molecule has 0 saturated carbocycles. The highest BCUT2D eigenvalue weighted by molar-refractivity contribution is 8.00. The summed E-state index contributed by atoms with van der Waals surface area (Å²) in [6.07, 6.45) is 3.21. The molecule has 0 aliphatic carbocycles. The smallest absolute Gasteiger partial charge is 0.413 e. The lowest BCUT2D eigenvalue weighted by atomic mass is 10.0. The number of ether oxygens (including phenoxy) is 4. The summed E-state index contributed by atoms with van der Waals surface area (Å²) in [5, 5.41) is 7.96. The van der Waals surface area contributed by atoms with E-state index in [0.29, 0.717) is 36.4 Å². The topological polar surface area (TPSA) is 222 Å². The number of rotatable bonds is 17. The number of carbonyl (C=O) groups is 6. The number of hydrogen-bond acceptors (Lipinski definition) is 16. The molecule has 6 rings (SSSR count). The lowest BCUT2D eigenvalue weighted by Crippen LogP contribution is -2.71. The molecule has 2 aliphatic heterocycles. The summed E-state index contributed by atoms with van der Waals surface area (Å²) in [6, 6.07) is 11.6. The van der Waals surface area contributed by atoms with Gasteiger partial charge >= 0.3 is 32.2 Å². The Bertz CT molecular complexity index is 2710. The number of hydrogen-bond donors (Lipinski definition) is 2. The lowest BCUT2D eigenvalue weighted by molar-refractivity contribution is -0.663. The van der Waals surface area contributed by atoms with Crippen molar-refractivity contribution in [2.45, 2.75) is 90.3 Å². The maximum atomic E-state index is 14.3. The zero-order valence-electron chi connectivity index (χ0n) is 39.2. The molecule has 69 heavy (non-hydrogen) atoms. The van der Waals surface area contributed by atoms with Crippen LogP contribution in [-0.4, -0.2) is 118 Å². The summed E-state index contributed by atoms with van der Waals surface area (Å²) in [5.41, 5.74) is 0.666. The van der Waals surface area contributed by atoms with Crippen LogP contribution < -0.4 is 19.9 Å². The normalized spacial score (nSPS) is 15.9. The fraction of sp³-hybridized carbons (Fsp3) is 0.400. The van der Waals surface area contributed by atoms with E-state index in [1.165, 1.54) is 23.8 Å². The van der Waals surface area contributed by atoms with Gasteiger partial charge in [-0.2, -0.15) is 4.57 Å². The standard InChI is InChI=1S/C45H50BClN8O12S2/c1-25(39(58)66-46)67-51-32(31-35(47)69-41(49-31)50-42(60)64-44(2,3)4)36(56)48-33-37(57)55-34(40(59)63-23-26-13-15-28(62-9)16-14-26)27(24-68-38(33)55)22-54-19-10-12-29-30(54)17-21-53(29)20-11-18-52(8)43(61)65-45(5,6)7/h10,12-17,19,21,33,38H,1,11,18,20,22-24H2,2-9H3,(H-,48,49,50,56,60)/p+1/b51-32-. The van der Waals surface area contributed by atoms with Crippen LogP contribution in [0, 0.1) is 0 Å². The average Bonchev–Trinajstić information content (AvgIpc) is 3.87. The molecule has 5 heterocycles. The van der Waals surface area contributed by atoms with Crippen molar-refractivity contribution in [3.63, 3.8) is 0 Å². The predicted molar refractivity (Wildman–Crippen MR) is 256 cm³/mol. The molecular formula is C45H51BClN8O12S2+. The van der Waals surface area contributed by atoms with Gasteiger partial charge in [0.15, 0.2) is 23.6 Å². The largest absolute Gasteiger partial charge is 0.538 e. The molecule has 0 spiro atoms. The van der Waals surface area contributed by atoms with Gasteiger partial charge in [-0.3, -0.25) is 19.8 Å². The van der Waals surface area contributed by atoms with Gasteiger partial charge in [0.25, 0.3) is 11.8 Å². The molecule has 2 N–H and O–H groups in total. The number of pyridine rings is 1. The van der Waals surface area contributed by atoms with E-state index in [9.17, 15) is 28.8 Å². The third-order valence-electron chi connectivity index (χ3n) is 10.0. The van der Waals surface area contributed by atoms with Crippen LogP contribution in [0.1, 0.15) is 59.2 Å². The van der Waals surface area contributed by atoms with Crippen molar-refractivity contribution in [2.75, 3.05) is 31.8 Å². The Labute approximate surface area is 412 Å². The van der Waals surface area contributed by atoms with Gasteiger partial charge in [-0.05, 0) is 78.3 Å². The minimum absolute atomic E-state index is 0.0195. The summed E-state index contributed by atoms with van der Waals surface area (Å²) in [4.78, 5) is 91.7. The molecular weight excluding hydrogens is 955 g/mol. The number of carbonyl (C=O) groups excluding carboxylic acids is 6. The first kappa shape index (κ1) is 51.8. The molecule has 0 bridgehead atoms. The second kappa shape index (κ2) is 21.8. The van der Waals surface area contributed by atoms with Crippen LogP contribution >= 0.6 is 34.7 Å². The number of benzene rings is 1. The van der Waals surface area contributed by atoms with Crippen molar-refractivity contribution >= 4 is 101 Å². The number of thioether (sulfide) groups is 1. The Morgan fingerprint density at radius 1 is 1.06 bits per heavy atom. The third-order valence-corrected chi connectivity index (χ3v) is 12.6. The van der Waals surface area contributed by atoms with E-state index in [0.717, 1.165) is 22.4 Å². The van der Waals surface area contributed by atoms with Crippen LogP contribution in [0.15, 0.2) is 83.6 Å². The van der Waals surface area contributed by atoms with Crippen molar-refractivity contribution < 1.29 is 61.8 Å². The number of thiazole rings is 1. The lowest BCUT2D eigenvalue weighted by Gasteiger charge is -2.49. The van der Waals surface area contributed by atoms with Crippen LogP contribution in [-0.2, 0) is 62.6 Å². The molecule has 364 valence electrons. The van der Waals surface area contributed by atoms with Gasteiger partial charge in [0.2, 0.25) is 11.3 Å². The Morgan fingerprint density at radius 3 is 2.43 bits per heavy atom. The molecule has 4 aromatic rings. The SMILES string of the molecule is [B]OC(=O)C(=C)O/N=C(\C(=O)NC1C(=O)N2C(C(=O)OCc3ccc(OC)cc3)=C(C[n+]3cccc4c3ccn4CCCN(C)C(=O)OC(C)(C)C)CSC12)c1nc(NC(=O)OC(C)(C)C)sc1Cl. The predicted octanol–water partition coefficient (Wildman–Crippen LogP) is 5.61. The minimum atomic E-state index is -1.22. The average molecular weight is 1010 g/mol. The van der Waals surface area contributed by atoms with E-state index in [4.69, 9.17) is 43.4 Å². The Hall–Kier alpha value is -6.59. The molecule has 1 saturated heterocycles. The highest BCUT2D eigenvalue weighted by Gasteiger charge is 2.55. The van der Waals surface area contributed by atoms with E-state index in [1.807, 2.05) is 55.9 Å². The van der Waals surface area contributed by atoms with Crippen molar-refractivity contribution in [2.24, 2.45) is 5.16 Å². The van der Waals surface area contributed by atoms with Crippen molar-refractivity contribution in [1.82, 2.24) is 24.7 Å².